The summed E-state index contributed by atoms with van der Waals surface area (Å²) < 4.78 is 0. The first-order chi connectivity index (χ1) is 5.29. The van der Waals surface area contributed by atoms with Gasteiger partial charge in [-0.15, -0.1) is 0 Å². The van der Waals surface area contributed by atoms with Gasteiger partial charge in [0, 0.05) is 30.5 Å². The standard InChI is InChI=1S/C8H11N3/c1-7-5-9-6-8(2)11-4-3-10-7/h3-6,10H,1-2H3. The molecule has 0 spiro atoms. The van der Waals surface area contributed by atoms with E-state index in [1.807, 2.05) is 13.8 Å². The lowest BCUT2D eigenvalue weighted by Crippen LogP contribution is -1.72. The van der Waals surface area contributed by atoms with Gasteiger partial charge in [0.1, 0.15) is 0 Å². The molecule has 0 aliphatic rings. The van der Waals surface area contributed by atoms with Gasteiger partial charge in [-0.25, -0.2) is 0 Å². The van der Waals surface area contributed by atoms with Gasteiger partial charge in [0.2, 0.25) is 0 Å². The van der Waals surface area contributed by atoms with Crippen LogP contribution in [0.15, 0.2) is 24.8 Å². The molecule has 0 aliphatic heterocycles. The predicted octanol–water partition coefficient (Wildman–Crippen LogP) is 1.55. The topological polar surface area (TPSA) is 41.6 Å². The third-order valence-corrected chi connectivity index (χ3v) is 1.19. The smallest absolute Gasteiger partial charge is 0.0555 e. The molecule has 0 fully saturated rings. The van der Waals surface area contributed by atoms with Crippen LogP contribution in [0, 0.1) is 13.8 Å². The molecule has 0 radical (unpaired) electrons. The first-order valence-electron chi connectivity index (χ1n) is 3.45. The molecule has 0 aromatic carbocycles. The lowest BCUT2D eigenvalue weighted by Gasteiger charge is -1.79. The van der Waals surface area contributed by atoms with Crippen molar-refractivity contribution in [2.45, 2.75) is 13.8 Å². The van der Waals surface area contributed by atoms with Crippen molar-refractivity contribution in [3.05, 3.63) is 36.2 Å². The number of aromatic nitrogens is 3. The number of hydrogen-bond acceptors (Lipinski definition) is 2. The molecule has 1 aromatic rings. The van der Waals surface area contributed by atoms with E-state index in [0.717, 1.165) is 11.4 Å². The first kappa shape index (κ1) is 7.72. The van der Waals surface area contributed by atoms with E-state index in [1.54, 1.807) is 24.8 Å². The van der Waals surface area contributed by atoms with Gasteiger partial charge in [-0.3, -0.25) is 9.97 Å². The predicted molar refractivity (Wildman–Crippen MR) is 43.5 cm³/mol. The van der Waals surface area contributed by atoms with Gasteiger partial charge in [-0.05, 0) is 13.8 Å². The van der Waals surface area contributed by atoms with Crippen molar-refractivity contribution in [1.82, 2.24) is 15.0 Å². The second kappa shape index (κ2) is 3.71. The van der Waals surface area contributed by atoms with E-state index < -0.39 is 0 Å². The Morgan fingerprint density at radius 2 is 2.09 bits per heavy atom. The Labute approximate surface area is 65.9 Å². The number of hydrogen-bond donors (Lipinski definition) is 1. The Hall–Kier alpha value is -1.38. The highest BCUT2D eigenvalue weighted by Crippen LogP contribution is 1.84. The molecular formula is C8H11N3. The van der Waals surface area contributed by atoms with Crippen LogP contribution >= 0.6 is 0 Å². The number of aromatic amines is 1. The van der Waals surface area contributed by atoms with Gasteiger partial charge in [0.15, 0.2) is 0 Å². The summed E-state index contributed by atoms with van der Waals surface area (Å²) in [6.45, 7) is 3.85. The van der Waals surface area contributed by atoms with Crippen molar-refractivity contribution in [3.63, 3.8) is 0 Å². The summed E-state index contributed by atoms with van der Waals surface area (Å²) >= 11 is 0. The molecule has 1 N–H and O–H groups in total. The number of nitrogens with one attached hydrogen (secondary N) is 1. The molecule has 0 aliphatic carbocycles. The Balaban J connectivity index is 3.21. The fourth-order valence-electron chi connectivity index (χ4n) is 0.651. The summed E-state index contributed by atoms with van der Waals surface area (Å²) in [6.07, 6.45) is 6.98. The average molecular weight is 149 g/mol. The maximum atomic E-state index is 4.07. The number of H-pyrrole nitrogens is 1. The summed E-state index contributed by atoms with van der Waals surface area (Å²) in [4.78, 5) is 11.1. The zero-order valence-electron chi connectivity index (χ0n) is 6.70. The molecule has 1 heterocycles. The fraction of sp³-hybridized carbons (Fsp3) is 0.250. The zero-order chi connectivity index (χ0) is 8.10. The molecule has 3 heteroatoms. The number of rotatable bonds is 0. The molecule has 1 aromatic heterocycles. The minimum Gasteiger partial charge on any atom is -0.363 e. The van der Waals surface area contributed by atoms with Crippen LogP contribution in [0.25, 0.3) is 0 Å². The largest absolute Gasteiger partial charge is 0.363 e. The molecular weight excluding hydrogens is 138 g/mol. The van der Waals surface area contributed by atoms with Crippen molar-refractivity contribution in [1.29, 1.82) is 0 Å². The molecule has 0 amide bonds. The Bertz CT molecular complexity index is 250. The van der Waals surface area contributed by atoms with Crippen molar-refractivity contribution >= 4 is 0 Å². The lowest BCUT2D eigenvalue weighted by molar-refractivity contribution is 1.17. The van der Waals surface area contributed by atoms with Crippen molar-refractivity contribution in [2.75, 3.05) is 0 Å². The summed E-state index contributed by atoms with van der Waals surface area (Å²) in [6, 6.07) is 0. The van der Waals surface area contributed by atoms with Crippen LogP contribution in [-0.4, -0.2) is 15.0 Å². The fourth-order valence-corrected chi connectivity index (χ4v) is 0.651. The van der Waals surface area contributed by atoms with Gasteiger partial charge >= 0.3 is 0 Å². The minimum atomic E-state index is 0.897. The summed E-state index contributed by atoms with van der Waals surface area (Å²) in [7, 11) is 0. The van der Waals surface area contributed by atoms with E-state index in [0.29, 0.717) is 0 Å². The van der Waals surface area contributed by atoms with Crippen molar-refractivity contribution in [2.24, 2.45) is 0 Å². The Kier molecular flexibility index (Phi) is 2.60. The highest BCUT2D eigenvalue weighted by molar-refractivity contribution is 4.92. The van der Waals surface area contributed by atoms with Gasteiger partial charge < -0.3 is 4.98 Å². The van der Waals surface area contributed by atoms with E-state index in [4.69, 9.17) is 0 Å². The number of nitrogens with zero attached hydrogens (tertiary/aromatic N) is 2. The zero-order valence-corrected chi connectivity index (χ0v) is 6.70. The molecule has 58 valence electrons. The lowest BCUT2D eigenvalue weighted by atomic mass is 10.5. The van der Waals surface area contributed by atoms with E-state index in [9.17, 15) is 0 Å². The highest BCUT2D eigenvalue weighted by Gasteiger charge is 1.76. The van der Waals surface area contributed by atoms with Gasteiger partial charge in [0.05, 0.1) is 5.69 Å². The van der Waals surface area contributed by atoms with Gasteiger partial charge in [-0.2, -0.15) is 0 Å². The molecule has 0 atom stereocenters. The van der Waals surface area contributed by atoms with Crippen molar-refractivity contribution < 1.29 is 0 Å². The van der Waals surface area contributed by atoms with E-state index in [2.05, 4.69) is 15.0 Å². The maximum absolute atomic E-state index is 4.07. The first-order valence-corrected chi connectivity index (χ1v) is 3.45. The van der Waals surface area contributed by atoms with Crippen LogP contribution in [0.3, 0.4) is 0 Å². The van der Waals surface area contributed by atoms with Gasteiger partial charge in [-0.1, -0.05) is 0 Å². The molecule has 0 saturated carbocycles. The maximum Gasteiger partial charge on any atom is 0.0555 e. The minimum absolute atomic E-state index is 0.897. The second-order valence-corrected chi connectivity index (χ2v) is 2.32. The van der Waals surface area contributed by atoms with Crippen LogP contribution in [0.2, 0.25) is 0 Å². The van der Waals surface area contributed by atoms with Crippen LogP contribution < -0.4 is 0 Å². The van der Waals surface area contributed by atoms with Crippen LogP contribution in [0.5, 0.6) is 0 Å². The highest BCUT2D eigenvalue weighted by atomic mass is 14.8. The van der Waals surface area contributed by atoms with Crippen LogP contribution in [-0.2, 0) is 0 Å². The third kappa shape index (κ3) is 2.80. The molecule has 1 rings (SSSR count). The molecule has 0 bridgehead atoms. The van der Waals surface area contributed by atoms with E-state index in [-0.39, 0.29) is 0 Å². The van der Waals surface area contributed by atoms with E-state index >= 15 is 0 Å². The monoisotopic (exact) mass is 149 g/mol. The average Bonchev–Trinajstić information content (AvgIpc) is 2.04. The van der Waals surface area contributed by atoms with Crippen LogP contribution in [0.4, 0.5) is 0 Å². The second-order valence-electron chi connectivity index (χ2n) is 2.32. The Morgan fingerprint density at radius 1 is 1.27 bits per heavy atom. The molecule has 3 nitrogen and oxygen atoms in total. The molecule has 0 saturated heterocycles. The van der Waals surface area contributed by atoms with Gasteiger partial charge in [0.25, 0.3) is 0 Å². The normalized spacial score (nSPS) is 8.91. The number of aryl methyl sites for hydroxylation is 2. The quantitative estimate of drug-likeness (QED) is 0.608. The van der Waals surface area contributed by atoms with E-state index in [1.165, 1.54) is 0 Å². The third-order valence-electron chi connectivity index (χ3n) is 1.19. The SMILES string of the molecule is Cc1cncc(C)[nH]ccn1. The van der Waals surface area contributed by atoms with Crippen LogP contribution in [0.1, 0.15) is 11.4 Å². The Morgan fingerprint density at radius 3 is 2.91 bits per heavy atom. The molecule has 11 heavy (non-hydrogen) atoms. The van der Waals surface area contributed by atoms with Crippen molar-refractivity contribution in [3.8, 4) is 0 Å². The summed E-state index contributed by atoms with van der Waals surface area (Å²) in [5.41, 5.74) is 1.90. The summed E-state index contributed by atoms with van der Waals surface area (Å²) in [5, 5.41) is 0. The molecule has 0 unspecified atom stereocenters. The summed E-state index contributed by atoms with van der Waals surface area (Å²) in [5.74, 6) is 0.